The quantitative estimate of drug-likeness (QED) is 0.373. The number of hydrogen-bond donors (Lipinski definition) is 2. The molecule has 0 aliphatic carbocycles. The van der Waals surface area contributed by atoms with Gasteiger partial charge in [-0.25, -0.2) is 4.79 Å². The van der Waals surface area contributed by atoms with E-state index in [1.807, 2.05) is 42.2 Å². The number of nitrogens with one attached hydrogen (secondary N) is 2. The molecule has 2 aromatic rings. The van der Waals surface area contributed by atoms with Crippen molar-refractivity contribution in [3.63, 3.8) is 0 Å². The molecule has 4 atom stereocenters. The van der Waals surface area contributed by atoms with Crippen molar-refractivity contribution in [1.82, 2.24) is 10.6 Å². The Balaban J connectivity index is 1.44. The standard InChI is InChI=1S/C30H33ClN4O2/c1-3-4-5-6-7-10-20-15-22(33-25-16-21(31)13-14-23(20)25)18-35-27-12-9-8-11-24(27)29-19(2)32-30(37)34-26(29)17-28(35)36/h8-9,11-14,16,19-20,26,29H,3,6-7,10,15,17-18H2,1-2H3,(H2,32,34,37). The fourth-order valence-corrected chi connectivity index (χ4v) is 6.16. The van der Waals surface area contributed by atoms with E-state index in [9.17, 15) is 9.59 Å². The van der Waals surface area contributed by atoms with Crippen LogP contribution < -0.4 is 15.5 Å². The number of para-hydroxylation sites is 1. The summed E-state index contributed by atoms with van der Waals surface area (Å²) >= 11 is 6.34. The van der Waals surface area contributed by atoms with Crippen LogP contribution in [0.3, 0.4) is 0 Å². The number of rotatable bonds is 5. The second-order valence-electron chi connectivity index (χ2n) is 10.2. The molecular weight excluding hydrogens is 484 g/mol. The molecule has 2 aromatic carbocycles. The summed E-state index contributed by atoms with van der Waals surface area (Å²) in [4.78, 5) is 32.7. The van der Waals surface area contributed by atoms with Crippen molar-refractivity contribution in [3.8, 4) is 11.8 Å². The number of amides is 3. The summed E-state index contributed by atoms with van der Waals surface area (Å²) < 4.78 is 0. The van der Waals surface area contributed by atoms with E-state index < -0.39 is 0 Å². The Bertz CT molecular complexity index is 1290. The number of anilines is 1. The van der Waals surface area contributed by atoms with E-state index in [2.05, 4.69) is 41.5 Å². The lowest BCUT2D eigenvalue weighted by Gasteiger charge is -2.36. The smallest absolute Gasteiger partial charge is 0.315 e. The molecule has 3 amide bonds. The number of carbonyl (C=O) groups excluding carboxylic acids is 2. The molecule has 0 aromatic heterocycles. The van der Waals surface area contributed by atoms with Gasteiger partial charge in [0.15, 0.2) is 0 Å². The van der Waals surface area contributed by atoms with Crippen LogP contribution in [-0.2, 0) is 4.79 Å². The first kappa shape index (κ1) is 25.4. The highest BCUT2D eigenvalue weighted by molar-refractivity contribution is 6.30. The van der Waals surface area contributed by atoms with Crippen LogP contribution in [0.15, 0.2) is 47.5 Å². The average Bonchev–Trinajstić information content (AvgIpc) is 2.97. The third-order valence-electron chi connectivity index (χ3n) is 7.62. The summed E-state index contributed by atoms with van der Waals surface area (Å²) in [5, 5.41) is 6.64. The number of unbranched alkanes of at least 4 members (excludes halogenated alkanes) is 1. The molecule has 2 N–H and O–H groups in total. The molecule has 7 heteroatoms. The van der Waals surface area contributed by atoms with Gasteiger partial charge in [0.2, 0.25) is 5.91 Å². The van der Waals surface area contributed by atoms with Crippen LogP contribution in [0.4, 0.5) is 16.2 Å². The minimum atomic E-state index is -0.243. The van der Waals surface area contributed by atoms with Gasteiger partial charge in [0.05, 0.1) is 12.2 Å². The predicted molar refractivity (Wildman–Crippen MR) is 149 cm³/mol. The van der Waals surface area contributed by atoms with Gasteiger partial charge in [-0.05, 0) is 61.4 Å². The molecule has 0 bridgehead atoms. The summed E-state index contributed by atoms with van der Waals surface area (Å²) in [5.41, 5.74) is 5.06. The van der Waals surface area contributed by atoms with Gasteiger partial charge in [-0.2, -0.15) is 0 Å². The van der Waals surface area contributed by atoms with E-state index in [0.717, 1.165) is 54.8 Å². The largest absolute Gasteiger partial charge is 0.335 e. The Labute approximate surface area is 223 Å². The summed E-state index contributed by atoms with van der Waals surface area (Å²) in [5.74, 6) is 6.73. The fraction of sp³-hybridized carbons (Fsp3) is 0.433. The minimum absolute atomic E-state index is 0.000307. The Morgan fingerprint density at radius 2 is 1.92 bits per heavy atom. The van der Waals surface area contributed by atoms with E-state index in [-0.39, 0.29) is 36.4 Å². The average molecular weight is 517 g/mol. The molecule has 3 heterocycles. The summed E-state index contributed by atoms with van der Waals surface area (Å²) in [6.07, 6.45) is 4.85. The molecule has 3 aliphatic heterocycles. The van der Waals surface area contributed by atoms with Gasteiger partial charge in [0.1, 0.15) is 0 Å². The molecule has 5 rings (SSSR count). The lowest BCUT2D eigenvalue weighted by Crippen LogP contribution is -2.58. The van der Waals surface area contributed by atoms with E-state index in [4.69, 9.17) is 16.6 Å². The number of halogens is 1. The molecule has 4 unspecified atom stereocenters. The Morgan fingerprint density at radius 1 is 1.08 bits per heavy atom. The zero-order chi connectivity index (χ0) is 25.9. The van der Waals surface area contributed by atoms with Gasteiger partial charge in [0.25, 0.3) is 0 Å². The van der Waals surface area contributed by atoms with Crippen molar-refractivity contribution in [1.29, 1.82) is 0 Å². The Kier molecular flexibility index (Phi) is 7.53. The van der Waals surface area contributed by atoms with Gasteiger partial charge >= 0.3 is 6.03 Å². The van der Waals surface area contributed by atoms with Crippen molar-refractivity contribution in [2.24, 2.45) is 4.99 Å². The molecule has 192 valence electrons. The van der Waals surface area contributed by atoms with E-state index >= 15 is 0 Å². The number of carbonyl (C=O) groups is 2. The highest BCUT2D eigenvalue weighted by Crippen LogP contribution is 2.41. The van der Waals surface area contributed by atoms with Crippen LogP contribution in [0, 0.1) is 11.8 Å². The first-order valence-electron chi connectivity index (χ1n) is 13.2. The molecule has 0 radical (unpaired) electrons. The third kappa shape index (κ3) is 5.38. The Morgan fingerprint density at radius 3 is 2.76 bits per heavy atom. The minimum Gasteiger partial charge on any atom is -0.335 e. The van der Waals surface area contributed by atoms with Crippen LogP contribution >= 0.6 is 11.6 Å². The lowest BCUT2D eigenvalue weighted by atomic mass is 9.83. The molecule has 0 saturated carbocycles. The molecule has 3 aliphatic rings. The third-order valence-corrected chi connectivity index (χ3v) is 7.85. The monoisotopic (exact) mass is 516 g/mol. The molecular formula is C30H33ClN4O2. The molecule has 1 saturated heterocycles. The topological polar surface area (TPSA) is 73.8 Å². The molecule has 37 heavy (non-hydrogen) atoms. The summed E-state index contributed by atoms with van der Waals surface area (Å²) in [7, 11) is 0. The zero-order valence-electron chi connectivity index (χ0n) is 21.4. The van der Waals surface area contributed by atoms with Gasteiger partial charge in [-0.15, -0.1) is 11.8 Å². The highest BCUT2D eigenvalue weighted by Gasteiger charge is 2.42. The Hall–Kier alpha value is -3.30. The van der Waals surface area contributed by atoms with Crippen LogP contribution in [0.25, 0.3) is 0 Å². The lowest BCUT2D eigenvalue weighted by molar-refractivity contribution is -0.118. The summed E-state index contributed by atoms with van der Waals surface area (Å²) in [6, 6.07) is 13.5. The number of fused-ring (bicyclic) bond motifs is 4. The van der Waals surface area contributed by atoms with Crippen LogP contribution in [0.2, 0.25) is 5.02 Å². The van der Waals surface area contributed by atoms with Crippen molar-refractivity contribution < 1.29 is 9.59 Å². The van der Waals surface area contributed by atoms with Crippen molar-refractivity contribution >= 4 is 40.6 Å². The number of benzene rings is 2. The van der Waals surface area contributed by atoms with Crippen LogP contribution in [-0.4, -0.2) is 36.3 Å². The normalized spacial score (nSPS) is 24.3. The predicted octanol–water partition coefficient (Wildman–Crippen LogP) is 6.07. The second-order valence-corrected chi connectivity index (χ2v) is 10.6. The zero-order valence-corrected chi connectivity index (χ0v) is 22.1. The maximum Gasteiger partial charge on any atom is 0.315 e. The maximum absolute atomic E-state index is 13.6. The summed E-state index contributed by atoms with van der Waals surface area (Å²) in [6.45, 7) is 4.50. The number of hydrogen-bond acceptors (Lipinski definition) is 3. The first-order chi connectivity index (χ1) is 17.9. The highest BCUT2D eigenvalue weighted by atomic mass is 35.5. The van der Waals surface area contributed by atoms with Gasteiger partial charge in [0, 0.05) is 53.7 Å². The second kappa shape index (κ2) is 11.0. The maximum atomic E-state index is 13.6. The van der Waals surface area contributed by atoms with Crippen molar-refractivity contribution in [3.05, 3.63) is 58.6 Å². The molecule has 0 spiro atoms. The molecule has 1 fully saturated rings. The van der Waals surface area contributed by atoms with Crippen LogP contribution in [0.1, 0.15) is 75.3 Å². The number of aliphatic imine (C=N–C) groups is 1. The SMILES string of the molecule is CCC#CCCCC1CC(CN2C(=O)CC3NC(=O)NC(C)C3c3ccccc32)=Nc2cc(Cl)ccc21. The molecule has 6 nitrogen and oxygen atoms in total. The van der Waals surface area contributed by atoms with E-state index in [1.165, 1.54) is 5.56 Å². The van der Waals surface area contributed by atoms with Crippen molar-refractivity contribution in [2.75, 3.05) is 11.4 Å². The van der Waals surface area contributed by atoms with Crippen molar-refractivity contribution in [2.45, 2.75) is 76.3 Å². The van der Waals surface area contributed by atoms with Gasteiger partial charge < -0.3 is 15.5 Å². The van der Waals surface area contributed by atoms with E-state index in [1.54, 1.807) is 0 Å². The fourth-order valence-electron chi connectivity index (χ4n) is 5.99. The van der Waals surface area contributed by atoms with Gasteiger partial charge in [-0.1, -0.05) is 42.8 Å². The van der Waals surface area contributed by atoms with Gasteiger partial charge in [-0.3, -0.25) is 9.79 Å². The number of urea groups is 1. The van der Waals surface area contributed by atoms with E-state index in [0.29, 0.717) is 17.5 Å². The van der Waals surface area contributed by atoms with Crippen LogP contribution in [0.5, 0.6) is 0 Å². The first-order valence-corrected chi connectivity index (χ1v) is 13.6. The number of nitrogens with zero attached hydrogens (tertiary/aromatic N) is 2.